The number of rotatable bonds is 5. The molecule has 0 unspecified atom stereocenters. The normalized spacial score (nSPS) is 9.07. The van der Waals surface area contributed by atoms with Gasteiger partial charge in [-0.05, 0) is 13.8 Å². The summed E-state index contributed by atoms with van der Waals surface area (Å²) in [4.78, 5) is 10.0. The van der Waals surface area contributed by atoms with Gasteiger partial charge in [0.05, 0.1) is 19.0 Å². The van der Waals surface area contributed by atoms with Crippen molar-refractivity contribution in [3.05, 3.63) is 37.1 Å². The Bertz CT molecular complexity index is 198. The van der Waals surface area contributed by atoms with Crippen LogP contribution < -0.4 is 0 Å². The second kappa shape index (κ2) is 15.7. The van der Waals surface area contributed by atoms with Crippen LogP contribution in [0.5, 0.6) is 0 Å². The Kier molecular flexibility index (Phi) is 20.8. The number of ether oxygens (including phenoxy) is 1. The first kappa shape index (κ1) is 19.8. The van der Waals surface area contributed by atoms with Gasteiger partial charge >= 0.3 is 0 Å². The molecule has 3 nitrogen and oxygen atoms in total. The van der Waals surface area contributed by atoms with Crippen molar-refractivity contribution in [3.63, 3.8) is 0 Å². The van der Waals surface area contributed by atoms with Crippen molar-refractivity contribution in [2.24, 2.45) is 0 Å². The molecule has 0 rings (SSSR count). The van der Waals surface area contributed by atoms with Gasteiger partial charge in [-0.3, -0.25) is 4.79 Å². The molecule has 0 amide bonds. The van der Waals surface area contributed by atoms with Gasteiger partial charge in [-0.25, -0.2) is 0 Å². The predicted molar refractivity (Wildman–Crippen MR) is 58.3 cm³/mol. The summed E-state index contributed by atoms with van der Waals surface area (Å²) < 4.78 is 4.90. The maximum atomic E-state index is 10.0. The third-order valence-electron chi connectivity index (χ3n) is 0.884. The average molecular weight is 301 g/mol. The second-order valence-corrected chi connectivity index (χ2v) is 2.51. The van der Waals surface area contributed by atoms with E-state index in [4.69, 9.17) is 9.84 Å². The molecule has 0 aromatic carbocycles. The van der Waals surface area contributed by atoms with E-state index in [1.807, 2.05) is 0 Å². The summed E-state index contributed by atoms with van der Waals surface area (Å²) in [6.45, 7) is 11.0. The van der Waals surface area contributed by atoms with Crippen LogP contribution in [0.25, 0.3) is 0 Å². The Hall–Kier alpha value is -0.727. The molecular weight excluding hydrogens is 283 g/mol. The number of ketones is 1. The van der Waals surface area contributed by atoms with Crippen molar-refractivity contribution >= 4 is 5.78 Å². The van der Waals surface area contributed by atoms with Crippen molar-refractivity contribution in [1.82, 2.24) is 0 Å². The monoisotopic (exact) mass is 301 g/mol. The molecular formula is C11H18O3Rh. The van der Waals surface area contributed by atoms with E-state index in [9.17, 15) is 4.79 Å². The largest absolute Gasteiger partial charge is 0.512 e. The van der Waals surface area contributed by atoms with Gasteiger partial charge in [0.15, 0.2) is 5.78 Å². The number of carbonyl (C=O) groups is 1. The van der Waals surface area contributed by atoms with Crippen molar-refractivity contribution in [3.8, 4) is 0 Å². The van der Waals surface area contributed by atoms with E-state index >= 15 is 0 Å². The zero-order chi connectivity index (χ0) is 11.4. The number of aliphatic hydroxyl groups is 1. The van der Waals surface area contributed by atoms with E-state index in [2.05, 4.69) is 13.2 Å². The van der Waals surface area contributed by atoms with E-state index in [0.717, 1.165) is 0 Å². The Labute approximate surface area is 104 Å². The molecule has 0 spiro atoms. The summed E-state index contributed by atoms with van der Waals surface area (Å²) in [6.07, 6.45) is 4.59. The summed E-state index contributed by atoms with van der Waals surface area (Å²) in [5.41, 5.74) is 0. The average Bonchev–Trinajstić information content (AvgIpc) is 2.04. The summed E-state index contributed by atoms with van der Waals surface area (Å²) >= 11 is 0. The van der Waals surface area contributed by atoms with E-state index in [1.165, 1.54) is 19.9 Å². The Morgan fingerprint density at radius 2 is 1.67 bits per heavy atom. The Morgan fingerprint density at radius 3 is 1.80 bits per heavy atom. The molecule has 0 heterocycles. The zero-order valence-electron chi connectivity index (χ0n) is 9.16. The first-order chi connectivity index (χ1) is 6.54. The molecule has 0 atom stereocenters. The van der Waals surface area contributed by atoms with Crippen molar-refractivity contribution in [2.45, 2.75) is 13.8 Å². The van der Waals surface area contributed by atoms with Crippen LogP contribution in [-0.2, 0) is 29.0 Å². The van der Waals surface area contributed by atoms with E-state index < -0.39 is 0 Å². The number of hydrogen-bond donors (Lipinski definition) is 1. The molecule has 89 valence electrons. The molecule has 1 N–H and O–H groups in total. The molecule has 0 fully saturated rings. The van der Waals surface area contributed by atoms with Crippen LogP contribution in [0.2, 0.25) is 0 Å². The van der Waals surface area contributed by atoms with Crippen LogP contribution in [-0.4, -0.2) is 24.1 Å². The maximum absolute atomic E-state index is 10.0. The molecule has 0 bridgehead atoms. The van der Waals surface area contributed by atoms with Gasteiger partial charge in [-0.15, -0.1) is 13.2 Å². The predicted octanol–water partition coefficient (Wildman–Crippen LogP) is 2.41. The van der Waals surface area contributed by atoms with Gasteiger partial charge < -0.3 is 9.84 Å². The van der Waals surface area contributed by atoms with Gasteiger partial charge in [-0.1, -0.05) is 12.2 Å². The molecule has 0 aliphatic heterocycles. The molecule has 1 radical (unpaired) electrons. The van der Waals surface area contributed by atoms with Crippen LogP contribution in [0.1, 0.15) is 13.8 Å². The van der Waals surface area contributed by atoms with Crippen LogP contribution in [0.15, 0.2) is 37.1 Å². The number of carbonyl (C=O) groups excluding carboxylic acids is 1. The SMILES string of the molecule is C=CCOCC=C.CC(=O)/C=C(/C)O.[Rh]. The fraction of sp³-hybridized carbons (Fsp3) is 0.364. The Balaban J connectivity index is -0.000000180. The summed E-state index contributed by atoms with van der Waals surface area (Å²) in [5, 5.41) is 8.36. The van der Waals surface area contributed by atoms with E-state index in [0.29, 0.717) is 13.2 Å². The minimum Gasteiger partial charge on any atom is -0.512 e. The van der Waals surface area contributed by atoms with Crippen molar-refractivity contribution in [1.29, 1.82) is 0 Å². The quantitative estimate of drug-likeness (QED) is 0.279. The molecule has 0 saturated heterocycles. The Morgan fingerprint density at radius 1 is 1.27 bits per heavy atom. The number of hydrogen-bond acceptors (Lipinski definition) is 3. The third-order valence-corrected chi connectivity index (χ3v) is 0.884. The van der Waals surface area contributed by atoms with Gasteiger partial charge in [0.25, 0.3) is 0 Å². The molecule has 0 aliphatic carbocycles. The zero-order valence-corrected chi connectivity index (χ0v) is 10.8. The topological polar surface area (TPSA) is 46.5 Å². The summed E-state index contributed by atoms with van der Waals surface area (Å²) in [6, 6.07) is 0. The van der Waals surface area contributed by atoms with Gasteiger partial charge in [0.1, 0.15) is 0 Å². The van der Waals surface area contributed by atoms with Gasteiger partial charge in [0, 0.05) is 25.6 Å². The van der Waals surface area contributed by atoms with Gasteiger partial charge in [-0.2, -0.15) is 0 Å². The second-order valence-electron chi connectivity index (χ2n) is 2.51. The fourth-order valence-electron chi connectivity index (χ4n) is 0.529. The molecule has 4 heteroatoms. The standard InChI is InChI=1S/C6H10O.C5H8O2.Rh/c1-3-5-7-6-4-2;1-4(6)3-5(2)7;/h3-4H,1-2,5-6H2;3,6H,1-2H3;/b;4-3-;. The molecule has 0 saturated carbocycles. The number of aliphatic hydroxyl groups excluding tert-OH is 1. The van der Waals surface area contributed by atoms with Crippen molar-refractivity contribution in [2.75, 3.05) is 13.2 Å². The minimum atomic E-state index is -0.125. The van der Waals surface area contributed by atoms with Crippen LogP contribution >= 0.6 is 0 Å². The first-order valence-electron chi connectivity index (χ1n) is 4.22. The smallest absolute Gasteiger partial charge is 0.155 e. The molecule has 15 heavy (non-hydrogen) atoms. The van der Waals surface area contributed by atoms with Crippen LogP contribution in [0, 0.1) is 0 Å². The molecule has 0 aliphatic rings. The van der Waals surface area contributed by atoms with Crippen LogP contribution in [0.4, 0.5) is 0 Å². The van der Waals surface area contributed by atoms with Crippen LogP contribution in [0.3, 0.4) is 0 Å². The summed E-state index contributed by atoms with van der Waals surface area (Å²) in [7, 11) is 0. The fourth-order valence-corrected chi connectivity index (χ4v) is 0.529. The van der Waals surface area contributed by atoms with E-state index in [-0.39, 0.29) is 31.0 Å². The summed E-state index contributed by atoms with van der Waals surface area (Å²) in [5.74, 6) is -0.0625. The van der Waals surface area contributed by atoms with Gasteiger partial charge in [0.2, 0.25) is 0 Å². The molecule has 0 aromatic rings. The number of allylic oxidation sites excluding steroid dienone is 2. The van der Waals surface area contributed by atoms with E-state index in [1.54, 1.807) is 12.2 Å². The van der Waals surface area contributed by atoms with Crippen molar-refractivity contribution < 1.29 is 34.1 Å². The molecule has 0 aromatic heterocycles. The maximum Gasteiger partial charge on any atom is 0.155 e. The third kappa shape index (κ3) is 31.9. The minimum absolute atomic E-state index is 0. The first-order valence-corrected chi connectivity index (χ1v) is 4.22.